The summed E-state index contributed by atoms with van der Waals surface area (Å²) in [5.74, 6) is -0.531. The Morgan fingerprint density at radius 1 is 1.30 bits per heavy atom. The molecular formula is C13H26N4O3. The average molecular weight is 286 g/mol. The van der Waals surface area contributed by atoms with Crippen molar-refractivity contribution in [3.05, 3.63) is 0 Å². The molecule has 0 aliphatic carbocycles. The molecule has 7 nitrogen and oxygen atoms in total. The van der Waals surface area contributed by atoms with E-state index in [-0.39, 0.29) is 6.54 Å². The Kier molecular flexibility index (Phi) is 6.22. The maximum Gasteiger partial charge on any atom is 0.410 e. The number of hydrogen-bond acceptors (Lipinski definition) is 5. The number of nitrogens with one attached hydrogen (secondary N) is 1. The number of piperazine rings is 1. The maximum atomic E-state index is 12.0. The van der Waals surface area contributed by atoms with Crippen LogP contribution in [-0.4, -0.2) is 73.2 Å². The molecular weight excluding hydrogens is 260 g/mol. The molecule has 1 heterocycles. The molecule has 0 aromatic carbocycles. The lowest BCUT2D eigenvalue weighted by Gasteiger charge is -2.31. The number of carbonyl (C=O) groups excluding carboxylic acids is 2. The minimum absolute atomic E-state index is 0.110. The Labute approximate surface area is 120 Å². The standard InChI is InChI=1S/C13H26N4O3/c1-13(2,3)20-12(19)17(10-11(14)18)9-8-16-6-4-15-5-7-16/h15H,4-10H2,1-3H3,(H2,14,18). The summed E-state index contributed by atoms with van der Waals surface area (Å²) in [6.07, 6.45) is -0.494. The molecule has 7 heteroatoms. The van der Waals surface area contributed by atoms with Gasteiger partial charge >= 0.3 is 6.09 Å². The van der Waals surface area contributed by atoms with Crippen LogP contribution in [0.3, 0.4) is 0 Å². The summed E-state index contributed by atoms with van der Waals surface area (Å²) in [5, 5.41) is 3.27. The van der Waals surface area contributed by atoms with E-state index in [1.165, 1.54) is 4.90 Å². The third kappa shape index (κ3) is 6.72. The van der Waals surface area contributed by atoms with Gasteiger partial charge in [0, 0.05) is 39.3 Å². The van der Waals surface area contributed by atoms with Crippen molar-refractivity contribution in [2.45, 2.75) is 26.4 Å². The molecule has 0 spiro atoms. The van der Waals surface area contributed by atoms with E-state index in [0.717, 1.165) is 26.2 Å². The van der Waals surface area contributed by atoms with Crippen LogP contribution < -0.4 is 11.1 Å². The zero-order chi connectivity index (χ0) is 15.2. The molecule has 1 rings (SSSR count). The van der Waals surface area contributed by atoms with Crippen molar-refractivity contribution in [2.75, 3.05) is 45.8 Å². The Morgan fingerprint density at radius 3 is 2.40 bits per heavy atom. The number of carbonyl (C=O) groups is 2. The Morgan fingerprint density at radius 2 is 1.90 bits per heavy atom. The van der Waals surface area contributed by atoms with Gasteiger partial charge in [-0.1, -0.05) is 0 Å². The second kappa shape index (κ2) is 7.44. The van der Waals surface area contributed by atoms with E-state index < -0.39 is 17.6 Å². The topological polar surface area (TPSA) is 87.9 Å². The van der Waals surface area contributed by atoms with Gasteiger partial charge in [0.25, 0.3) is 0 Å². The number of rotatable bonds is 5. The molecule has 116 valence electrons. The lowest BCUT2D eigenvalue weighted by atomic mass is 10.2. The van der Waals surface area contributed by atoms with Crippen molar-refractivity contribution in [3.63, 3.8) is 0 Å². The van der Waals surface area contributed by atoms with Gasteiger partial charge in [0.05, 0.1) is 0 Å². The summed E-state index contributed by atoms with van der Waals surface area (Å²) in [7, 11) is 0. The van der Waals surface area contributed by atoms with Crippen molar-refractivity contribution in [3.8, 4) is 0 Å². The van der Waals surface area contributed by atoms with E-state index in [1.54, 1.807) is 20.8 Å². The highest BCUT2D eigenvalue weighted by Gasteiger charge is 2.23. The van der Waals surface area contributed by atoms with Crippen LogP contribution in [0.25, 0.3) is 0 Å². The van der Waals surface area contributed by atoms with E-state index in [2.05, 4.69) is 10.2 Å². The van der Waals surface area contributed by atoms with Crippen molar-refractivity contribution >= 4 is 12.0 Å². The van der Waals surface area contributed by atoms with Crippen molar-refractivity contribution in [1.82, 2.24) is 15.1 Å². The molecule has 1 saturated heterocycles. The van der Waals surface area contributed by atoms with Gasteiger partial charge in [0.1, 0.15) is 12.1 Å². The van der Waals surface area contributed by atoms with Crippen molar-refractivity contribution < 1.29 is 14.3 Å². The Bertz CT molecular complexity index is 335. The first-order valence-corrected chi connectivity index (χ1v) is 6.97. The predicted molar refractivity (Wildman–Crippen MR) is 76.3 cm³/mol. The molecule has 0 aromatic rings. The normalized spacial score (nSPS) is 16.8. The first-order chi connectivity index (χ1) is 9.28. The molecule has 0 aromatic heterocycles. The van der Waals surface area contributed by atoms with Gasteiger partial charge in [-0.05, 0) is 20.8 Å². The van der Waals surface area contributed by atoms with Gasteiger partial charge in [-0.15, -0.1) is 0 Å². The molecule has 1 aliphatic heterocycles. The van der Waals surface area contributed by atoms with Gasteiger partial charge in [-0.25, -0.2) is 4.79 Å². The van der Waals surface area contributed by atoms with Crippen LogP contribution in [0.5, 0.6) is 0 Å². The number of hydrogen-bond donors (Lipinski definition) is 2. The predicted octanol–water partition coefficient (Wildman–Crippen LogP) is -0.386. The maximum absolute atomic E-state index is 12.0. The summed E-state index contributed by atoms with van der Waals surface area (Å²) < 4.78 is 5.29. The second-order valence-corrected chi connectivity index (χ2v) is 5.96. The fourth-order valence-corrected chi connectivity index (χ4v) is 1.95. The smallest absolute Gasteiger partial charge is 0.410 e. The van der Waals surface area contributed by atoms with Gasteiger partial charge in [0.2, 0.25) is 5.91 Å². The average Bonchev–Trinajstić information content (AvgIpc) is 2.33. The largest absolute Gasteiger partial charge is 0.444 e. The summed E-state index contributed by atoms with van der Waals surface area (Å²) >= 11 is 0. The molecule has 20 heavy (non-hydrogen) atoms. The first-order valence-electron chi connectivity index (χ1n) is 6.97. The summed E-state index contributed by atoms with van der Waals surface area (Å²) in [6, 6.07) is 0. The zero-order valence-corrected chi connectivity index (χ0v) is 12.6. The monoisotopic (exact) mass is 286 g/mol. The van der Waals surface area contributed by atoms with E-state index >= 15 is 0 Å². The quantitative estimate of drug-likeness (QED) is 0.719. The molecule has 3 N–H and O–H groups in total. The van der Waals surface area contributed by atoms with Gasteiger partial charge in [-0.3, -0.25) is 14.6 Å². The fourth-order valence-electron chi connectivity index (χ4n) is 1.95. The van der Waals surface area contributed by atoms with Crippen molar-refractivity contribution in [2.24, 2.45) is 5.73 Å². The highest BCUT2D eigenvalue weighted by atomic mass is 16.6. The van der Waals surface area contributed by atoms with E-state index in [0.29, 0.717) is 13.1 Å². The summed E-state index contributed by atoms with van der Waals surface area (Å²) in [6.45, 7) is 10.2. The Balaban J connectivity index is 2.50. The molecule has 2 amide bonds. The third-order valence-electron chi connectivity index (χ3n) is 2.89. The third-order valence-corrected chi connectivity index (χ3v) is 2.89. The lowest BCUT2D eigenvalue weighted by Crippen LogP contribution is -2.49. The molecule has 0 saturated carbocycles. The molecule has 0 unspecified atom stereocenters. The van der Waals surface area contributed by atoms with Crippen LogP contribution in [-0.2, 0) is 9.53 Å². The van der Waals surface area contributed by atoms with Crippen LogP contribution in [0.4, 0.5) is 4.79 Å². The highest BCUT2D eigenvalue weighted by molar-refractivity contribution is 5.80. The molecule has 0 atom stereocenters. The number of nitrogens with zero attached hydrogens (tertiary/aromatic N) is 2. The number of nitrogens with two attached hydrogens (primary N) is 1. The Hall–Kier alpha value is -1.34. The van der Waals surface area contributed by atoms with Gasteiger partial charge in [0.15, 0.2) is 0 Å². The highest BCUT2D eigenvalue weighted by Crippen LogP contribution is 2.10. The molecule has 1 aliphatic rings. The summed E-state index contributed by atoms with van der Waals surface area (Å²) in [4.78, 5) is 26.7. The zero-order valence-electron chi connectivity index (χ0n) is 12.6. The lowest BCUT2D eigenvalue weighted by molar-refractivity contribution is -0.119. The summed E-state index contributed by atoms with van der Waals surface area (Å²) in [5.41, 5.74) is 4.61. The van der Waals surface area contributed by atoms with E-state index in [9.17, 15) is 9.59 Å². The number of primary amides is 1. The minimum Gasteiger partial charge on any atom is -0.444 e. The van der Waals surface area contributed by atoms with E-state index in [4.69, 9.17) is 10.5 Å². The van der Waals surface area contributed by atoms with E-state index in [1.807, 2.05) is 0 Å². The van der Waals surface area contributed by atoms with Crippen LogP contribution in [0.15, 0.2) is 0 Å². The second-order valence-electron chi connectivity index (χ2n) is 5.96. The van der Waals surface area contributed by atoms with Crippen LogP contribution in [0.1, 0.15) is 20.8 Å². The van der Waals surface area contributed by atoms with Crippen LogP contribution >= 0.6 is 0 Å². The van der Waals surface area contributed by atoms with Gasteiger partial charge in [-0.2, -0.15) is 0 Å². The fraction of sp³-hybridized carbons (Fsp3) is 0.846. The number of amides is 2. The van der Waals surface area contributed by atoms with Crippen LogP contribution in [0.2, 0.25) is 0 Å². The molecule has 1 fully saturated rings. The minimum atomic E-state index is -0.581. The SMILES string of the molecule is CC(C)(C)OC(=O)N(CCN1CCNCC1)CC(N)=O. The van der Waals surface area contributed by atoms with Gasteiger partial charge < -0.3 is 15.8 Å². The molecule has 0 radical (unpaired) electrons. The van der Waals surface area contributed by atoms with Crippen molar-refractivity contribution in [1.29, 1.82) is 0 Å². The molecule has 0 bridgehead atoms. The van der Waals surface area contributed by atoms with Crippen LogP contribution in [0, 0.1) is 0 Å². The first kappa shape index (κ1) is 16.7. The number of ether oxygens (including phenoxy) is 1.